The average Bonchev–Trinajstić information content (AvgIpc) is 2.71. The highest BCUT2D eigenvalue weighted by Crippen LogP contribution is 2.17. The molecule has 0 unspecified atom stereocenters. The minimum Gasteiger partial charge on any atom is -0.290 e. The first-order chi connectivity index (χ1) is 13.8. The third-order valence-corrected chi connectivity index (χ3v) is 4.90. The zero-order valence-corrected chi connectivity index (χ0v) is 17.6. The first-order valence-corrected chi connectivity index (χ1v) is 9.72. The lowest BCUT2D eigenvalue weighted by atomic mass is 10.0. The predicted octanol–water partition coefficient (Wildman–Crippen LogP) is 5.31. The third-order valence-electron chi connectivity index (χ3n) is 4.90. The van der Waals surface area contributed by atoms with E-state index >= 15 is 0 Å². The van der Waals surface area contributed by atoms with Crippen LogP contribution in [0.2, 0.25) is 0 Å². The van der Waals surface area contributed by atoms with Gasteiger partial charge >= 0.3 is 11.9 Å². The molecule has 0 atom stereocenters. The molecule has 156 valence electrons. The van der Waals surface area contributed by atoms with Crippen LogP contribution in [0.4, 0.5) is 0 Å². The van der Waals surface area contributed by atoms with Gasteiger partial charge in [-0.3, -0.25) is 9.78 Å². The van der Waals surface area contributed by atoms with Gasteiger partial charge in [0.2, 0.25) is 6.29 Å². The van der Waals surface area contributed by atoms with E-state index in [1.165, 1.54) is 0 Å². The molecule has 6 nitrogen and oxygen atoms in total. The molecular weight excluding hydrogens is 372 g/mol. The van der Waals surface area contributed by atoms with Gasteiger partial charge in [0.25, 0.3) is 0 Å². The molecule has 6 heteroatoms. The Morgan fingerprint density at radius 2 is 1.24 bits per heavy atom. The Bertz CT molecular complexity index is 791. The Kier molecular flexibility index (Phi) is 8.36. The zero-order chi connectivity index (χ0) is 21.4. The van der Waals surface area contributed by atoms with Crippen molar-refractivity contribution in [3.05, 3.63) is 69.8 Å². The molecule has 0 aliphatic carbocycles. The summed E-state index contributed by atoms with van der Waals surface area (Å²) in [6, 6.07) is 10.7. The van der Waals surface area contributed by atoms with Crippen LogP contribution < -0.4 is 0 Å². The third kappa shape index (κ3) is 6.14. The minimum atomic E-state index is -1.02. The quantitative estimate of drug-likeness (QED) is 0.323. The van der Waals surface area contributed by atoms with Gasteiger partial charge in [-0.15, -0.1) is 9.78 Å². The number of carbonyl (C=O) groups excluding carboxylic acids is 2. The number of aryl methyl sites for hydroxylation is 2. The lowest BCUT2D eigenvalue weighted by Gasteiger charge is -2.16. The van der Waals surface area contributed by atoms with Gasteiger partial charge in [-0.05, 0) is 68.5 Å². The molecule has 0 N–H and O–H groups in total. The summed E-state index contributed by atoms with van der Waals surface area (Å²) in [5.41, 5.74) is 4.39. The zero-order valence-electron chi connectivity index (χ0n) is 17.6. The number of carbonyl (C=O) groups is 2. The SMILES string of the molecule is CCCCC(OOC(=O)c1cccc(C)c1C)OOC(=O)c1cccc(C)c1C. The second-order valence-corrected chi connectivity index (χ2v) is 7.00. The van der Waals surface area contributed by atoms with Gasteiger partial charge in [0.05, 0.1) is 11.1 Å². The molecule has 0 heterocycles. The van der Waals surface area contributed by atoms with Gasteiger partial charge in [-0.1, -0.05) is 37.6 Å². The van der Waals surface area contributed by atoms with Crippen molar-refractivity contribution < 1.29 is 29.1 Å². The van der Waals surface area contributed by atoms with Crippen LogP contribution in [0.15, 0.2) is 36.4 Å². The molecule has 0 aromatic heterocycles. The molecule has 2 aromatic carbocycles. The molecule has 0 aliphatic heterocycles. The number of rotatable bonds is 9. The van der Waals surface area contributed by atoms with Crippen LogP contribution >= 0.6 is 0 Å². The number of benzene rings is 2. The van der Waals surface area contributed by atoms with Gasteiger partial charge < -0.3 is 0 Å². The smallest absolute Gasteiger partial charge is 0.290 e. The molecular formula is C23H28O6. The summed E-state index contributed by atoms with van der Waals surface area (Å²) in [6.07, 6.45) is 1.00. The summed E-state index contributed by atoms with van der Waals surface area (Å²) in [5.74, 6) is -1.26. The second-order valence-electron chi connectivity index (χ2n) is 7.00. The number of hydrogen-bond acceptors (Lipinski definition) is 6. The van der Waals surface area contributed by atoms with E-state index in [9.17, 15) is 9.59 Å². The highest BCUT2D eigenvalue weighted by Gasteiger charge is 2.21. The highest BCUT2D eigenvalue weighted by molar-refractivity contribution is 5.91. The number of unbranched alkanes of at least 4 members (excludes halogenated alkanes) is 1. The lowest BCUT2D eigenvalue weighted by Crippen LogP contribution is -2.22. The maximum Gasteiger partial charge on any atom is 0.373 e. The monoisotopic (exact) mass is 400 g/mol. The van der Waals surface area contributed by atoms with Crippen molar-refractivity contribution in [1.29, 1.82) is 0 Å². The molecule has 0 radical (unpaired) electrons. The van der Waals surface area contributed by atoms with Crippen LogP contribution in [-0.4, -0.2) is 18.2 Å². The van der Waals surface area contributed by atoms with E-state index in [1.807, 2.05) is 46.8 Å². The molecule has 0 amide bonds. The molecule has 2 rings (SSSR count). The van der Waals surface area contributed by atoms with Crippen molar-refractivity contribution >= 4 is 11.9 Å². The fourth-order valence-electron chi connectivity index (χ4n) is 2.71. The van der Waals surface area contributed by atoms with Gasteiger partial charge in [0.15, 0.2) is 0 Å². The van der Waals surface area contributed by atoms with E-state index in [1.54, 1.807) is 24.3 Å². The van der Waals surface area contributed by atoms with Crippen molar-refractivity contribution in [2.24, 2.45) is 0 Å². The van der Waals surface area contributed by atoms with Gasteiger partial charge in [-0.2, -0.15) is 0 Å². The number of hydrogen-bond donors (Lipinski definition) is 0. The van der Waals surface area contributed by atoms with Crippen LogP contribution in [0, 0.1) is 27.7 Å². The largest absolute Gasteiger partial charge is 0.373 e. The minimum absolute atomic E-state index is 0.399. The second kappa shape index (κ2) is 10.7. The Hall–Kier alpha value is -2.70. The Balaban J connectivity index is 1.98. The first-order valence-electron chi connectivity index (χ1n) is 9.72. The summed E-state index contributed by atoms with van der Waals surface area (Å²) >= 11 is 0. The standard InChI is InChI=1S/C23H28O6/c1-6-7-14-21(26-28-22(24)19-12-8-10-15(2)17(19)4)27-29-23(25)20-13-9-11-16(3)18(20)5/h8-13,21H,6-7,14H2,1-5H3. The molecule has 0 spiro atoms. The van der Waals surface area contributed by atoms with Gasteiger partial charge in [0.1, 0.15) is 0 Å². The van der Waals surface area contributed by atoms with Gasteiger partial charge in [0, 0.05) is 6.42 Å². The van der Waals surface area contributed by atoms with E-state index in [4.69, 9.17) is 19.6 Å². The molecule has 0 aliphatic rings. The summed E-state index contributed by atoms with van der Waals surface area (Å²) in [5, 5.41) is 0. The summed E-state index contributed by atoms with van der Waals surface area (Å²) in [7, 11) is 0. The van der Waals surface area contributed by atoms with Crippen molar-refractivity contribution in [3.63, 3.8) is 0 Å². The Morgan fingerprint density at radius 3 is 1.66 bits per heavy atom. The fraction of sp³-hybridized carbons (Fsp3) is 0.391. The summed E-state index contributed by atoms with van der Waals surface area (Å²) in [6.45, 7) is 9.49. The molecule has 0 bridgehead atoms. The molecule has 0 saturated carbocycles. The molecule has 2 aromatic rings. The van der Waals surface area contributed by atoms with Crippen LogP contribution in [0.5, 0.6) is 0 Å². The highest BCUT2D eigenvalue weighted by atomic mass is 17.3. The topological polar surface area (TPSA) is 71.1 Å². The average molecular weight is 400 g/mol. The fourth-order valence-corrected chi connectivity index (χ4v) is 2.71. The van der Waals surface area contributed by atoms with Crippen molar-refractivity contribution in [2.75, 3.05) is 0 Å². The predicted molar refractivity (Wildman–Crippen MR) is 108 cm³/mol. The summed E-state index contributed by atoms with van der Waals surface area (Å²) < 4.78 is 0. The molecule has 0 fully saturated rings. The first kappa shape index (κ1) is 22.6. The maximum atomic E-state index is 12.3. The molecule has 29 heavy (non-hydrogen) atoms. The van der Waals surface area contributed by atoms with Crippen molar-refractivity contribution in [3.8, 4) is 0 Å². The van der Waals surface area contributed by atoms with E-state index < -0.39 is 18.2 Å². The van der Waals surface area contributed by atoms with Gasteiger partial charge in [-0.25, -0.2) is 9.59 Å². The van der Waals surface area contributed by atoms with Crippen LogP contribution in [0.3, 0.4) is 0 Å². The van der Waals surface area contributed by atoms with E-state index in [0.717, 1.165) is 35.1 Å². The van der Waals surface area contributed by atoms with Crippen molar-refractivity contribution in [2.45, 2.75) is 60.2 Å². The molecule has 0 saturated heterocycles. The Labute approximate surface area is 171 Å². The van der Waals surface area contributed by atoms with E-state index in [-0.39, 0.29) is 0 Å². The van der Waals surface area contributed by atoms with Crippen LogP contribution in [0.1, 0.15) is 69.2 Å². The normalized spacial score (nSPS) is 10.8. The Morgan fingerprint density at radius 1 is 0.793 bits per heavy atom. The van der Waals surface area contributed by atoms with Crippen LogP contribution in [0.25, 0.3) is 0 Å². The lowest BCUT2D eigenvalue weighted by molar-refractivity contribution is -0.421. The van der Waals surface area contributed by atoms with Crippen LogP contribution in [-0.2, 0) is 19.6 Å². The maximum absolute atomic E-state index is 12.3. The van der Waals surface area contributed by atoms with E-state index in [0.29, 0.717) is 17.5 Å². The van der Waals surface area contributed by atoms with E-state index in [2.05, 4.69) is 0 Å². The summed E-state index contributed by atoms with van der Waals surface area (Å²) in [4.78, 5) is 44.8. The van der Waals surface area contributed by atoms with Crippen molar-refractivity contribution in [1.82, 2.24) is 0 Å².